The summed E-state index contributed by atoms with van der Waals surface area (Å²) in [5.74, 6) is -0.215. The molecule has 4 aromatic rings. The highest BCUT2D eigenvalue weighted by Crippen LogP contribution is 2.36. The van der Waals surface area contributed by atoms with E-state index >= 15 is 0 Å². The number of carbonyl (C=O) groups is 2. The summed E-state index contributed by atoms with van der Waals surface area (Å²) in [6.45, 7) is 3.09. The molecule has 0 bridgehead atoms. The number of benzene rings is 4. The average Bonchev–Trinajstić information content (AvgIpc) is 2.97. The maximum absolute atomic E-state index is 12.6. The van der Waals surface area contributed by atoms with Crippen molar-refractivity contribution < 1.29 is 45.8 Å². The van der Waals surface area contributed by atoms with Crippen LogP contribution in [0.25, 0.3) is 0 Å². The summed E-state index contributed by atoms with van der Waals surface area (Å²) < 4.78 is 80.7. The molecule has 15 heteroatoms. The summed E-state index contributed by atoms with van der Waals surface area (Å²) in [7, 11) is 0. The fourth-order valence-electron chi connectivity index (χ4n) is 3.51. The van der Waals surface area contributed by atoms with Crippen molar-refractivity contribution >= 4 is 82.6 Å². The molecule has 0 heterocycles. The second-order valence-electron chi connectivity index (χ2n) is 9.54. The molecule has 0 amide bonds. The van der Waals surface area contributed by atoms with Gasteiger partial charge < -0.3 is 9.84 Å². The summed E-state index contributed by atoms with van der Waals surface area (Å²) in [6, 6.07) is 16.0. The SMILES string of the molecule is CC(=O)c1cc(Br)cc(CBr)c1.CC(=O)c1cc(Br)cc(COc2ccc(C(F)(F)F)cc2Cl)c1.Oc1ccc(C(F)(F)F)cc1Cl. The minimum atomic E-state index is -4.46. The Morgan fingerprint density at radius 3 is 1.57 bits per heavy atom. The molecule has 4 nitrogen and oxygen atoms in total. The number of phenolic OH excluding ortho intramolecular Hbond substituents is 1. The second-order valence-corrected chi connectivity index (χ2v) is 12.7. The Morgan fingerprint density at radius 1 is 0.702 bits per heavy atom. The number of hydrogen-bond acceptors (Lipinski definition) is 4. The van der Waals surface area contributed by atoms with Gasteiger partial charge in [-0.2, -0.15) is 26.3 Å². The fourth-order valence-corrected chi connectivity index (χ4v) is 5.33. The van der Waals surface area contributed by atoms with Crippen molar-refractivity contribution in [3.63, 3.8) is 0 Å². The topological polar surface area (TPSA) is 63.6 Å². The van der Waals surface area contributed by atoms with Crippen LogP contribution in [0.2, 0.25) is 10.0 Å². The monoisotopic (exact) mass is 892 g/mol. The Bertz CT molecular complexity index is 1730. The van der Waals surface area contributed by atoms with Gasteiger partial charge in [-0.3, -0.25) is 9.59 Å². The van der Waals surface area contributed by atoms with Crippen molar-refractivity contribution in [2.45, 2.75) is 38.1 Å². The molecule has 0 fully saturated rings. The smallest absolute Gasteiger partial charge is 0.416 e. The molecule has 4 aromatic carbocycles. The number of Topliss-reactive ketones (excluding diaryl/α,β-unsaturated/α-hetero) is 2. The third-order valence-electron chi connectivity index (χ3n) is 5.81. The van der Waals surface area contributed by atoms with Crippen LogP contribution in [-0.2, 0) is 24.3 Å². The largest absolute Gasteiger partial charge is 0.506 e. The lowest BCUT2D eigenvalue weighted by Crippen LogP contribution is -2.05. The minimum absolute atomic E-state index is 0.0742. The molecule has 0 saturated carbocycles. The van der Waals surface area contributed by atoms with E-state index in [1.54, 1.807) is 25.1 Å². The Morgan fingerprint density at radius 2 is 1.15 bits per heavy atom. The van der Waals surface area contributed by atoms with Crippen LogP contribution >= 0.6 is 71.0 Å². The van der Waals surface area contributed by atoms with Gasteiger partial charge in [0, 0.05) is 25.4 Å². The summed E-state index contributed by atoms with van der Waals surface area (Å²) in [4.78, 5) is 22.4. The van der Waals surface area contributed by atoms with Crippen molar-refractivity contribution in [2.75, 3.05) is 0 Å². The zero-order chi connectivity index (χ0) is 35.7. The van der Waals surface area contributed by atoms with Crippen molar-refractivity contribution in [3.05, 3.63) is 125 Å². The van der Waals surface area contributed by atoms with E-state index in [9.17, 15) is 35.9 Å². The quantitative estimate of drug-likeness (QED) is 0.119. The molecule has 0 radical (unpaired) electrons. The Labute approximate surface area is 301 Å². The Kier molecular flexibility index (Phi) is 15.3. The third kappa shape index (κ3) is 13.5. The molecule has 0 saturated heterocycles. The van der Waals surface area contributed by atoms with E-state index in [1.165, 1.54) is 13.0 Å². The van der Waals surface area contributed by atoms with E-state index in [-0.39, 0.29) is 39.7 Å². The average molecular weight is 896 g/mol. The van der Waals surface area contributed by atoms with Gasteiger partial charge in [-0.15, -0.1) is 0 Å². The van der Waals surface area contributed by atoms with Crippen LogP contribution in [0.15, 0.2) is 81.7 Å². The summed E-state index contributed by atoms with van der Waals surface area (Å²) in [5.41, 5.74) is 1.35. The van der Waals surface area contributed by atoms with Crippen LogP contribution in [-0.4, -0.2) is 16.7 Å². The van der Waals surface area contributed by atoms with E-state index in [0.717, 1.165) is 45.2 Å². The number of rotatable bonds is 6. The number of ketones is 2. The minimum Gasteiger partial charge on any atom is -0.506 e. The van der Waals surface area contributed by atoms with Crippen LogP contribution in [0.5, 0.6) is 11.5 Å². The van der Waals surface area contributed by atoms with Crippen LogP contribution in [0, 0.1) is 0 Å². The standard InChI is InChI=1S/C16H11BrClF3O2.C9H8Br2O.C7H4ClF3O/c1-9(22)11-4-10(5-13(17)6-11)8-23-15-3-2-12(7-14(15)18)16(19,20)21;1-6(12)8-2-7(5-10)3-9(11)4-8;8-5-3-4(7(9,10)11)1-2-6(5)12/h2-7H,8H2,1H3;2-4H,5H2,1H3;1-3,12H. The lowest BCUT2D eigenvalue weighted by atomic mass is 10.1. The van der Waals surface area contributed by atoms with Crippen molar-refractivity contribution in [3.8, 4) is 11.5 Å². The van der Waals surface area contributed by atoms with Crippen LogP contribution in [0.1, 0.15) is 56.8 Å². The number of hydrogen-bond donors (Lipinski definition) is 1. The van der Waals surface area contributed by atoms with Gasteiger partial charge in [0.15, 0.2) is 11.6 Å². The molecule has 0 aliphatic rings. The highest BCUT2D eigenvalue weighted by molar-refractivity contribution is 9.10. The lowest BCUT2D eigenvalue weighted by molar-refractivity contribution is -0.138. The molecule has 0 aliphatic heterocycles. The van der Waals surface area contributed by atoms with Crippen LogP contribution in [0.4, 0.5) is 26.3 Å². The van der Waals surface area contributed by atoms with Gasteiger partial charge >= 0.3 is 12.4 Å². The molecule has 47 heavy (non-hydrogen) atoms. The van der Waals surface area contributed by atoms with Gasteiger partial charge in [0.1, 0.15) is 18.1 Å². The predicted octanol–water partition coefficient (Wildman–Crippen LogP) is 12.5. The number of carbonyl (C=O) groups excluding carboxylic acids is 2. The van der Waals surface area contributed by atoms with Crippen LogP contribution < -0.4 is 4.74 Å². The number of ether oxygens (including phenoxy) is 1. The van der Waals surface area contributed by atoms with Crippen molar-refractivity contribution in [1.29, 1.82) is 0 Å². The van der Waals surface area contributed by atoms with E-state index in [0.29, 0.717) is 21.7 Å². The highest BCUT2D eigenvalue weighted by atomic mass is 79.9. The second kappa shape index (κ2) is 17.7. The van der Waals surface area contributed by atoms with E-state index < -0.39 is 23.5 Å². The van der Waals surface area contributed by atoms with Gasteiger partial charge in [-0.05, 0) is 97.8 Å². The van der Waals surface area contributed by atoms with Crippen LogP contribution in [0.3, 0.4) is 0 Å². The van der Waals surface area contributed by atoms with E-state index in [4.69, 9.17) is 33.0 Å². The van der Waals surface area contributed by atoms with Gasteiger partial charge in [0.05, 0.1) is 21.2 Å². The van der Waals surface area contributed by atoms with Gasteiger partial charge in [0.25, 0.3) is 0 Å². The summed E-state index contributed by atoms with van der Waals surface area (Å²) in [6.07, 6.45) is -8.87. The molecule has 252 valence electrons. The highest BCUT2D eigenvalue weighted by Gasteiger charge is 2.31. The van der Waals surface area contributed by atoms with Gasteiger partial charge in [-0.25, -0.2) is 0 Å². The molecule has 0 atom stereocenters. The van der Waals surface area contributed by atoms with Gasteiger partial charge in [0.2, 0.25) is 0 Å². The normalized spacial score (nSPS) is 11.1. The first-order valence-electron chi connectivity index (χ1n) is 12.9. The van der Waals surface area contributed by atoms with Gasteiger partial charge in [-0.1, -0.05) is 71.0 Å². The maximum Gasteiger partial charge on any atom is 0.416 e. The zero-order valence-electron chi connectivity index (χ0n) is 24.2. The molecule has 1 N–H and O–H groups in total. The summed E-state index contributed by atoms with van der Waals surface area (Å²) >= 11 is 21.1. The third-order valence-corrected chi connectivity index (χ3v) is 7.97. The van der Waals surface area contributed by atoms with E-state index in [2.05, 4.69) is 47.8 Å². The molecule has 0 aromatic heterocycles. The first-order chi connectivity index (χ1) is 21.7. The Balaban J connectivity index is 0.000000270. The number of halogens is 11. The number of alkyl halides is 7. The fraction of sp³-hybridized carbons (Fsp3) is 0.188. The van der Waals surface area contributed by atoms with Crippen molar-refractivity contribution in [1.82, 2.24) is 0 Å². The summed E-state index contributed by atoms with van der Waals surface area (Å²) in [5, 5.41) is 9.16. The van der Waals surface area contributed by atoms with Crippen molar-refractivity contribution in [2.24, 2.45) is 0 Å². The molecule has 0 unspecified atom stereocenters. The molecular formula is C32H23Br3Cl2F6O4. The predicted molar refractivity (Wildman–Crippen MR) is 180 cm³/mol. The first-order valence-corrected chi connectivity index (χ1v) is 16.4. The lowest BCUT2D eigenvalue weighted by Gasteiger charge is -2.12. The zero-order valence-corrected chi connectivity index (χ0v) is 30.4. The molecular weight excluding hydrogens is 873 g/mol. The number of aromatic hydroxyl groups is 1. The first kappa shape index (κ1) is 40.6. The van der Waals surface area contributed by atoms with E-state index in [1.807, 2.05) is 18.2 Å². The molecule has 0 aliphatic carbocycles. The Hall–Kier alpha value is -2.58. The molecule has 4 rings (SSSR count). The maximum atomic E-state index is 12.6. The molecule has 0 spiro atoms. The number of phenols is 1.